The molecule has 9 heavy (non-hydrogen) atoms. The van der Waals surface area contributed by atoms with Gasteiger partial charge in [0.25, 0.3) is 0 Å². The standard InChI is InChI=1S/C7H5N2/c1-4-9-7-2-3-8-5-6(1)7/h1,3,5H,2H2. The maximum absolute atomic E-state index is 4.01. The van der Waals surface area contributed by atoms with E-state index in [-0.39, 0.29) is 0 Å². The van der Waals surface area contributed by atoms with E-state index in [1.165, 1.54) is 0 Å². The number of aliphatic imine (C=N–C) groups is 2. The molecule has 0 saturated carbocycles. The molecule has 2 rings (SSSR count). The zero-order valence-electron chi connectivity index (χ0n) is 4.83. The van der Waals surface area contributed by atoms with Gasteiger partial charge in [0.1, 0.15) is 0 Å². The van der Waals surface area contributed by atoms with E-state index in [4.69, 9.17) is 0 Å². The molecule has 0 atom stereocenters. The maximum atomic E-state index is 4.01. The molecule has 0 fully saturated rings. The molecule has 0 spiro atoms. The Hall–Kier alpha value is -1.18. The topological polar surface area (TPSA) is 24.7 Å². The molecule has 2 aliphatic heterocycles. The van der Waals surface area contributed by atoms with Gasteiger partial charge in [0, 0.05) is 24.4 Å². The molecule has 1 radical (unpaired) electrons. The van der Waals surface area contributed by atoms with Crippen molar-refractivity contribution in [1.29, 1.82) is 0 Å². The van der Waals surface area contributed by atoms with Crippen LogP contribution in [0.5, 0.6) is 0 Å². The number of hydrogen-bond donors (Lipinski definition) is 0. The van der Waals surface area contributed by atoms with Crippen molar-refractivity contribution in [2.24, 2.45) is 9.98 Å². The van der Waals surface area contributed by atoms with E-state index >= 15 is 0 Å². The Morgan fingerprint density at radius 2 is 2.56 bits per heavy atom. The summed E-state index contributed by atoms with van der Waals surface area (Å²) >= 11 is 0. The van der Waals surface area contributed by atoms with Crippen LogP contribution in [0.3, 0.4) is 0 Å². The Balaban J connectivity index is 2.46. The Labute approximate surface area is 53.3 Å². The SMILES string of the molecule is [C]1=CC2=CN=CCC2=N1. The molecule has 0 unspecified atom stereocenters. The molecule has 0 saturated heterocycles. The average Bonchev–Trinajstić information content (AvgIpc) is 2.33. The van der Waals surface area contributed by atoms with E-state index in [0.717, 1.165) is 17.7 Å². The van der Waals surface area contributed by atoms with Gasteiger partial charge in [-0.3, -0.25) is 9.98 Å². The fourth-order valence-electron chi connectivity index (χ4n) is 0.875. The first-order valence-corrected chi connectivity index (χ1v) is 2.84. The lowest BCUT2D eigenvalue weighted by atomic mass is 10.1. The minimum atomic E-state index is 0.856. The molecule has 0 amide bonds. The van der Waals surface area contributed by atoms with Crippen molar-refractivity contribution in [3.8, 4) is 0 Å². The van der Waals surface area contributed by atoms with Crippen LogP contribution in [0.4, 0.5) is 0 Å². The summed E-state index contributed by atoms with van der Waals surface area (Å²) in [5.74, 6) is 0. The smallest absolute Gasteiger partial charge is 0.0897 e. The lowest BCUT2D eigenvalue weighted by Gasteiger charge is -2.00. The predicted octanol–water partition coefficient (Wildman–Crippen LogP) is 1.12. The molecular formula is C7H5N2. The van der Waals surface area contributed by atoms with Crippen molar-refractivity contribution >= 4 is 11.9 Å². The zero-order chi connectivity index (χ0) is 6.10. The zero-order valence-corrected chi connectivity index (χ0v) is 4.83. The predicted molar refractivity (Wildman–Crippen MR) is 36.4 cm³/mol. The van der Waals surface area contributed by atoms with E-state index in [9.17, 15) is 0 Å². The van der Waals surface area contributed by atoms with E-state index < -0.39 is 0 Å². The Kier molecular flexibility index (Phi) is 0.859. The fourth-order valence-corrected chi connectivity index (χ4v) is 0.875. The molecule has 0 N–H and O–H groups in total. The van der Waals surface area contributed by atoms with Crippen LogP contribution in [0.2, 0.25) is 0 Å². The average molecular weight is 117 g/mol. The largest absolute Gasteiger partial charge is 0.268 e. The van der Waals surface area contributed by atoms with Gasteiger partial charge in [-0.15, -0.1) is 0 Å². The molecule has 0 aromatic rings. The summed E-state index contributed by atoms with van der Waals surface area (Å²) in [5.41, 5.74) is 2.20. The Morgan fingerprint density at radius 3 is 3.44 bits per heavy atom. The van der Waals surface area contributed by atoms with Gasteiger partial charge in [-0.05, 0) is 6.08 Å². The molecule has 0 bridgehead atoms. The second-order valence-corrected chi connectivity index (χ2v) is 1.95. The molecule has 2 nitrogen and oxygen atoms in total. The first-order chi connectivity index (χ1) is 4.47. The minimum Gasteiger partial charge on any atom is -0.268 e. The number of rotatable bonds is 0. The molecule has 0 aromatic carbocycles. The van der Waals surface area contributed by atoms with E-state index in [1.807, 2.05) is 18.5 Å². The molecule has 0 aliphatic carbocycles. The lowest BCUT2D eigenvalue weighted by molar-refractivity contribution is 1.42. The van der Waals surface area contributed by atoms with Gasteiger partial charge in [0.05, 0.1) is 11.9 Å². The minimum absolute atomic E-state index is 0.856. The number of allylic oxidation sites excluding steroid dienone is 2. The van der Waals surface area contributed by atoms with Crippen molar-refractivity contribution in [1.82, 2.24) is 0 Å². The molecule has 2 heterocycles. The number of nitrogens with zero attached hydrogens (tertiary/aromatic N) is 2. The third-order valence-corrected chi connectivity index (χ3v) is 1.36. The molecule has 0 aromatic heterocycles. The summed E-state index contributed by atoms with van der Waals surface area (Å²) in [6.07, 6.45) is 9.15. The molecular weight excluding hydrogens is 112 g/mol. The van der Waals surface area contributed by atoms with E-state index in [2.05, 4.69) is 16.2 Å². The lowest BCUT2D eigenvalue weighted by Crippen LogP contribution is -2.01. The van der Waals surface area contributed by atoms with Crippen molar-refractivity contribution in [3.05, 3.63) is 24.0 Å². The summed E-state index contributed by atoms with van der Waals surface area (Å²) < 4.78 is 0. The molecule has 2 heteroatoms. The van der Waals surface area contributed by atoms with Crippen LogP contribution in [0, 0.1) is 6.20 Å². The fraction of sp³-hybridized carbons (Fsp3) is 0.143. The summed E-state index contributed by atoms with van der Waals surface area (Å²) in [4.78, 5) is 7.99. The quantitative estimate of drug-likeness (QED) is 0.454. The van der Waals surface area contributed by atoms with Crippen LogP contribution >= 0.6 is 0 Å². The van der Waals surface area contributed by atoms with Crippen molar-refractivity contribution in [2.45, 2.75) is 6.42 Å². The highest BCUT2D eigenvalue weighted by atomic mass is 14.8. The van der Waals surface area contributed by atoms with Gasteiger partial charge >= 0.3 is 0 Å². The highest BCUT2D eigenvalue weighted by molar-refractivity contribution is 6.11. The van der Waals surface area contributed by atoms with Gasteiger partial charge in [0.15, 0.2) is 0 Å². The van der Waals surface area contributed by atoms with Crippen LogP contribution in [0.15, 0.2) is 27.8 Å². The summed E-state index contributed by atoms with van der Waals surface area (Å²) in [6.45, 7) is 0. The van der Waals surface area contributed by atoms with Gasteiger partial charge in [0.2, 0.25) is 0 Å². The van der Waals surface area contributed by atoms with Gasteiger partial charge in [-0.25, -0.2) is 0 Å². The third kappa shape index (κ3) is 0.633. The Morgan fingerprint density at radius 1 is 1.56 bits per heavy atom. The maximum Gasteiger partial charge on any atom is 0.0897 e. The second kappa shape index (κ2) is 1.65. The molecule has 43 valence electrons. The van der Waals surface area contributed by atoms with E-state index in [0.29, 0.717) is 0 Å². The van der Waals surface area contributed by atoms with Crippen molar-refractivity contribution in [3.63, 3.8) is 0 Å². The van der Waals surface area contributed by atoms with Crippen LogP contribution in [-0.2, 0) is 0 Å². The summed E-state index contributed by atoms with van der Waals surface area (Å²) in [6, 6.07) is 0. The highest BCUT2D eigenvalue weighted by Crippen LogP contribution is 2.13. The van der Waals surface area contributed by atoms with Crippen LogP contribution < -0.4 is 0 Å². The van der Waals surface area contributed by atoms with Gasteiger partial charge in [-0.2, -0.15) is 0 Å². The van der Waals surface area contributed by atoms with Crippen LogP contribution in [-0.4, -0.2) is 11.9 Å². The van der Waals surface area contributed by atoms with Gasteiger partial charge in [-0.1, -0.05) is 0 Å². The van der Waals surface area contributed by atoms with Crippen molar-refractivity contribution in [2.75, 3.05) is 0 Å². The van der Waals surface area contributed by atoms with Crippen LogP contribution in [0.25, 0.3) is 0 Å². The van der Waals surface area contributed by atoms with Crippen LogP contribution in [0.1, 0.15) is 6.42 Å². The number of fused-ring (bicyclic) bond motifs is 1. The first-order valence-electron chi connectivity index (χ1n) is 2.84. The highest BCUT2D eigenvalue weighted by Gasteiger charge is 2.08. The van der Waals surface area contributed by atoms with Crippen molar-refractivity contribution < 1.29 is 0 Å². The summed E-state index contributed by atoms with van der Waals surface area (Å²) in [7, 11) is 0. The first kappa shape index (κ1) is 4.68. The summed E-state index contributed by atoms with van der Waals surface area (Å²) in [5, 5.41) is 0. The van der Waals surface area contributed by atoms with E-state index in [1.54, 1.807) is 0 Å². The molecule has 2 aliphatic rings. The number of hydrogen-bond acceptors (Lipinski definition) is 2. The normalized spacial score (nSPS) is 21.3. The van der Waals surface area contributed by atoms with Gasteiger partial charge < -0.3 is 0 Å². The Bertz CT molecular complexity index is 244. The second-order valence-electron chi connectivity index (χ2n) is 1.95. The monoisotopic (exact) mass is 117 g/mol. The third-order valence-electron chi connectivity index (χ3n) is 1.36.